The highest BCUT2D eigenvalue weighted by Crippen LogP contribution is 2.29. The maximum absolute atomic E-state index is 13.4. The molecule has 0 spiro atoms. The fraction of sp³-hybridized carbons (Fsp3) is 0.176. The van der Waals surface area contributed by atoms with E-state index in [0.717, 1.165) is 27.9 Å². The average molecular weight is 269 g/mol. The maximum atomic E-state index is 13.4. The van der Waals surface area contributed by atoms with Gasteiger partial charge in [-0.05, 0) is 43.3 Å². The Morgan fingerprint density at radius 1 is 1.10 bits per heavy atom. The first-order valence-corrected chi connectivity index (χ1v) is 6.61. The van der Waals surface area contributed by atoms with E-state index in [1.165, 1.54) is 12.1 Å². The second-order valence-corrected chi connectivity index (χ2v) is 4.92. The van der Waals surface area contributed by atoms with Crippen molar-refractivity contribution in [2.24, 2.45) is 0 Å². The lowest BCUT2D eigenvalue weighted by Gasteiger charge is -2.13. The SMILES string of the molecule is CNC(c1cccc(F)c1)c1cc2cccc(C)c2o1. The molecule has 0 saturated carbocycles. The highest BCUT2D eigenvalue weighted by molar-refractivity contribution is 5.81. The summed E-state index contributed by atoms with van der Waals surface area (Å²) in [6, 6.07) is 14.5. The zero-order valence-electron chi connectivity index (χ0n) is 11.5. The Hall–Kier alpha value is -2.13. The largest absolute Gasteiger partial charge is 0.459 e. The van der Waals surface area contributed by atoms with Gasteiger partial charge in [0, 0.05) is 5.39 Å². The van der Waals surface area contributed by atoms with Gasteiger partial charge in [-0.3, -0.25) is 0 Å². The van der Waals surface area contributed by atoms with Gasteiger partial charge in [0.25, 0.3) is 0 Å². The highest BCUT2D eigenvalue weighted by atomic mass is 19.1. The molecule has 1 aromatic heterocycles. The van der Waals surface area contributed by atoms with Crippen molar-refractivity contribution in [2.45, 2.75) is 13.0 Å². The number of halogens is 1. The molecular formula is C17H16FNO. The Bertz CT molecular complexity index is 748. The third-order valence-corrected chi connectivity index (χ3v) is 3.52. The molecule has 1 unspecified atom stereocenters. The molecule has 0 aliphatic rings. The number of para-hydroxylation sites is 1. The van der Waals surface area contributed by atoms with E-state index in [0.29, 0.717) is 0 Å². The summed E-state index contributed by atoms with van der Waals surface area (Å²) in [4.78, 5) is 0. The number of benzene rings is 2. The van der Waals surface area contributed by atoms with E-state index in [2.05, 4.69) is 5.32 Å². The Morgan fingerprint density at radius 3 is 2.60 bits per heavy atom. The lowest BCUT2D eigenvalue weighted by molar-refractivity contribution is 0.489. The fourth-order valence-corrected chi connectivity index (χ4v) is 2.53. The predicted octanol–water partition coefficient (Wildman–Crippen LogP) is 4.19. The zero-order chi connectivity index (χ0) is 14.1. The summed E-state index contributed by atoms with van der Waals surface area (Å²) in [5, 5.41) is 4.25. The van der Waals surface area contributed by atoms with Gasteiger partial charge in [-0.2, -0.15) is 0 Å². The Balaban J connectivity index is 2.09. The van der Waals surface area contributed by atoms with Gasteiger partial charge < -0.3 is 9.73 Å². The fourth-order valence-electron chi connectivity index (χ4n) is 2.53. The topological polar surface area (TPSA) is 25.2 Å². The third-order valence-electron chi connectivity index (χ3n) is 3.52. The van der Waals surface area contributed by atoms with Crippen LogP contribution in [0.3, 0.4) is 0 Å². The predicted molar refractivity (Wildman–Crippen MR) is 78.3 cm³/mol. The van der Waals surface area contributed by atoms with Gasteiger partial charge in [0.15, 0.2) is 0 Å². The minimum Gasteiger partial charge on any atom is -0.459 e. The van der Waals surface area contributed by atoms with Crippen LogP contribution in [0.2, 0.25) is 0 Å². The Labute approximate surface area is 117 Å². The van der Waals surface area contributed by atoms with E-state index in [9.17, 15) is 4.39 Å². The maximum Gasteiger partial charge on any atom is 0.137 e. The summed E-state index contributed by atoms with van der Waals surface area (Å²) in [7, 11) is 1.84. The van der Waals surface area contributed by atoms with Crippen LogP contribution in [-0.4, -0.2) is 7.05 Å². The van der Waals surface area contributed by atoms with Crippen LogP contribution in [0.4, 0.5) is 4.39 Å². The van der Waals surface area contributed by atoms with Crippen LogP contribution in [0.25, 0.3) is 11.0 Å². The first-order chi connectivity index (χ1) is 9.69. The van der Waals surface area contributed by atoms with Crippen molar-refractivity contribution < 1.29 is 8.81 Å². The Kier molecular flexibility index (Phi) is 3.28. The van der Waals surface area contributed by atoms with Crippen molar-refractivity contribution in [1.82, 2.24) is 5.32 Å². The number of hydrogen-bond acceptors (Lipinski definition) is 2. The lowest BCUT2D eigenvalue weighted by atomic mass is 10.0. The summed E-state index contributed by atoms with van der Waals surface area (Å²) in [5.41, 5.74) is 2.84. The second-order valence-electron chi connectivity index (χ2n) is 4.92. The molecule has 3 heteroatoms. The van der Waals surface area contributed by atoms with Crippen LogP contribution < -0.4 is 5.32 Å². The van der Waals surface area contributed by atoms with E-state index in [1.807, 2.05) is 44.3 Å². The third kappa shape index (κ3) is 2.21. The Morgan fingerprint density at radius 2 is 1.90 bits per heavy atom. The molecule has 0 bridgehead atoms. The number of aryl methyl sites for hydroxylation is 1. The number of nitrogens with one attached hydrogen (secondary N) is 1. The minimum atomic E-state index is -0.241. The normalized spacial score (nSPS) is 12.8. The highest BCUT2D eigenvalue weighted by Gasteiger charge is 2.17. The van der Waals surface area contributed by atoms with Crippen molar-refractivity contribution in [2.75, 3.05) is 7.05 Å². The van der Waals surface area contributed by atoms with Crippen LogP contribution in [0.15, 0.2) is 52.9 Å². The van der Waals surface area contributed by atoms with Gasteiger partial charge in [0.1, 0.15) is 17.2 Å². The second kappa shape index (κ2) is 5.10. The number of rotatable bonds is 3. The molecule has 0 fully saturated rings. The summed E-state index contributed by atoms with van der Waals surface area (Å²) in [6.45, 7) is 2.02. The van der Waals surface area contributed by atoms with E-state index in [-0.39, 0.29) is 11.9 Å². The molecule has 3 aromatic rings. The molecule has 1 heterocycles. The molecule has 0 amide bonds. The smallest absolute Gasteiger partial charge is 0.137 e. The number of fused-ring (bicyclic) bond motifs is 1. The van der Waals surface area contributed by atoms with Gasteiger partial charge in [0.05, 0.1) is 6.04 Å². The van der Waals surface area contributed by atoms with Gasteiger partial charge in [-0.1, -0.05) is 30.3 Å². The molecule has 2 nitrogen and oxygen atoms in total. The van der Waals surface area contributed by atoms with Gasteiger partial charge in [0.2, 0.25) is 0 Å². The molecule has 102 valence electrons. The monoisotopic (exact) mass is 269 g/mol. The molecule has 0 saturated heterocycles. The summed E-state index contributed by atoms with van der Waals surface area (Å²) >= 11 is 0. The van der Waals surface area contributed by atoms with Crippen LogP contribution in [0, 0.1) is 12.7 Å². The van der Waals surface area contributed by atoms with Crippen LogP contribution in [0.1, 0.15) is 22.9 Å². The number of hydrogen-bond donors (Lipinski definition) is 1. The minimum absolute atomic E-state index is 0.155. The van der Waals surface area contributed by atoms with Crippen molar-refractivity contribution in [3.8, 4) is 0 Å². The van der Waals surface area contributed by atoms with E-state index in [1.54, 1.807) is 6.07 Å². The summed E-state index contributed by atoms with van der Waals surface area (Å²) in [6.07, 6.45) is 0. The molecule has 0 aliphatic heterocycles. The molecule has 2 aromatic carbocycles. The van der Waals surface area contributed by atoms with Crippen molar-refractivity contribution >= 4 is 11.0 Å². The van der Waals surface area contributed by atoms with E-state index < -0.39 is 0 Å². The van der Waals surface area contributed by atoms with Crippen LogP contribution in [0.5, 0.6) is 0 Å². The van der Waals surface area contributed by atoms with Gasteiger partial charge in [-0.15, -0.1) is 0 Å². The van der Waals surface area contributed by atoms with Crippen LogP contribution >= 0.6 is 0 Å². The molecule has 20 heavy (non-hydrogen) atoms. The zero-order valence-corrected chi connectivity index (χ0v) is 11.5. The molecule has 0 radical (unpaired) electrons. The molecule has 1 atom stereocenters. The summed E-state index contributed by atoms with van der Waals surface area (Å²) < 4.78 is 19.4. The van der Waals surface area contributed by atoms with Crippen molar-refractivity contribution in [3.63, 3.8) is 0 Å². The molecule has 0 aliphatic carbocycles. The van der Waals surface area contributed by atoms with Crippen molar-refractivity contribution in [3.05, 3.63) is 71.2 Å². The quantitative estimate of drug-likeness (QED) is 0.771. The van der Waals surface area contributed by atoms with Crippen molar-refractivity contribution in [1.29, 1.82) is 0 Å². The first kappa shape index (κ1) is 12.9. The summed E-state index contributed by atoms with van der Waals surface area (Å²) in [5.74, 6) is 0.553. The average Bonchev–Trinajstić information content (AvgIpc) is 2.85. The van der Waals surface area contributed by atoms with Gasteiger partial charge in [-0.25, -0.2) is 4.39 Å². The number of furan rings is 1. The van der Waals surface area contributed by atoms with Crippen LogP contribution in [-0.2, 0) is 0 Å². The molecule has 1 N–H and O–H groups in total. The lowest BCUT2D eigenvalue weighted by Crippen LogP contribution is -2.17. The standard InChI is InChI=1S/C17H16FNO/c1-11-5-3-7-13-10-15(20-17(11)13)16(19-2)12-6-4-8-14(18)9-12/h3-10,16,19H,1-2H3. The first-order valence-electron chi connectivity index (χ1n) is 6.61. The molecule has 3 rings (SSSR count). The van der Waals surface area contributed by atoms with E-state index >= 15 is 0 Å². The van der Waals surface area contributed by atoms with E-state index in [4.69, 9.17) is 4.42 Å². The molecular weight excluding hydrogens is 253 g/mol. The van der Waals surface area contributed by atoms with Gasteiger partial charge >= 0.3 is 0 Å².